The van der Waals surface area contributed by atoms with Crippen molar-refractivity contribution in [2.45, 2.75) is 31.8 Å². The van der Waals surface area contributed by atoms with Gasteiger partial charge < -0.3 is 9.64 Å². The largest absolute Gasteiger partial charge is 0.573 e. The Morgan fingerprint density at radius 3 is 2.41 bits per heavy atom. The van der Waals surface area contributed by atoms with Gasteiger partial charge >= 0.3 is 6.36 Å². The average molecular weight is 503 g/mol. The monoisotopic (exact) mass is 502 g/mol. The SMILES string of the molecule is C[C@@H](N=C1C[C@@H](c2cccc(OC(F)(F)F)c2)N(c2ccc(Br)cc2)C1)c1ccccc1. The van der Waals surface area contributed by atoms with Gasteiger partial charge in [-0.2, -0.15) is 0 Å². The lowest BCUT2D eigenvalue weighted by Gasteiger charge is -2.27. The van der Waals surface area contributed by atoms with Crippen LogP contribution in [-0.4, -0.2) is 18.6 Å². The molecule has 1 fully saturated rings. The van der Waals surface area contributed by atoms with E-state index in [-0.39, 0.29) is 17.8 Å². The number of nitrogens with zero attached hydrogens (tertiary/aromatic N) is 2. The van der Waals surface area contributed by atoms with E-state index in [1.54, 1.807) is 6.07 Å². The summed E-state index contributed by atoms with van der Waals surface area (Å²) in [6, 6.07) is 24.0. The molecular weight excluding hydrogens is 481 g/mol. The van der Waals surface area contributed by atoms with E-state index >= 15 is 0 Å². The summed E-state index contributed by atoms with van der Waals surface area (Å²) in [4.78, 5) is 7.13. The molecule has 0 amide bonds. The van der Waals surface area contributed by atoms with Gasteiger partial charge in [-0.1, -0.05) is 58.4 Å². The Hall–Kier alpha value is -2.80. The van der Waals surface area contributed by atoms with Gasteiger partial charge in [0.15, 0.2) is 0 Å². The summed E-state index contributed by atoms with van der Waals surface area (Å²) in [6.07, 6.45) is -4.10. The summed E-state index contributed by atoms with van der Waals surface area (Å²) in [5.74, 6) is -0.214. The number of benzene rings is 3. The maximum atomic E-state index is 12.7. The number of ether oxygens (including phenoxy) is 1. The lowest BCUT2D eigenvalue weighted by Crippen LogP contribution is -2.23. The molecule has 3 aromatic carbocycles. The normalized spacial score (nSPS) is 18.7. The van der Waals surface area contributed by atoms with Crippen LogP contribution in [0.25, 0.3) is 0 Å². The van der Waals surface area contributed by atoms with Gasteiger partial charge in [0.25, 0.3) is 0 Å². The standard InChI is InChI=1S/C25H22BrF3N2O/c1-17(18-6-3-2-4-7-18)30-21-15-24(31(16-21)22-12-10-20(26)11-13-22)19-8-5-9-23(14-19)32-25(27,28)29/h2-14,17,24H,15-16H2,1H3/t17-,24+/m1/s1. The first-order valence-corrected chi connectivity index (χ1v) is 11.1. The van der Waals surface area contributed by atoms with E-state index in [9.17, 15) is 13.2 Å². The Morgan fingerprint density at radius 2 is 1.72 bits per heavy atom. The van der Waals surface area contributed by atoms with Crippen molar-refractivity contribution in [2.24, 2.45) is 4.99 Å². The molecule has 1 aliphatic heterocycles. The van der Waals surface area contributed by atoms with Crippen LogP contribution in [0.4, 0.5) is 18.9 Å². The lowest BCUT2D eigenvalue weighted by molar-refractivity contribution is -0.274. The molecule has 0 aliphatic carbocycles. The van der Waals surface area contributed by atoms with E-state index in [2.05, 4.69) is 32.5 Å². The minimum absolute atomic E-state index is 0.00313. The number of rotatable bonds is 5. The molecule has 0 saturated carbocycles. The van der Waals surface area contributed by atoms with Gasteiger partial charge in [0.1, 0.15) is 5.75 Å². The molecule has 0 bridgehead atoms. The van der Waals surface area contributed by atoms with Crippen molar-refractivity contribution >= 4 is 27.3 Å². The van der Waals surface area contributed by atoms with E-state index in [0.717, 1.165) is 27.0 Å². The fraction of sp³-hybridized carbons (Fsp3) is 0.240. The van der Waals surface area contributed by atoms with E-state index in [4.69, 9.17) is 4.99 Å². The average Bonchev–Trinajstić information content (AvgIpc) is 3.17. The van der Waals surface area contributed by atoms with Gasteiger partial charge in [0, 0.05) is 22.3 Å². The van der Waals surface area contributed by atoms with E-state index in [1.165, 1.54) is 12.1 Å². The van der Waals surface area contributed by atoms with Crippen LogP contribution in [0.15, 0.2) is 88.3 Å². The van der Waals surface area contributed by atoms with Crippen molar-refractivity contribution in [3.63, 3.8) is 0 Å². The van der Waals surface area contributed by atoms with Crippen LogP contribution < -0.4 is 9.64 Å². The molecule has 2 atom stereocenters. The summed E-state index contributed by atoms with van der Waals surface area (Å²) < 4.78 is 43.3. The third kappa shape index (κ3) is 5.51. The highest BCUT2D eigenvalue weighted by molar-refractivity contribution is 9.10. The van der Waals surface area contributed by atoms with Gasteiger partial charge in [-0.05, 0) is 54.4 Å². The van der Waals surface area contributed by atoms with Crippen LogP contribution in [0.2, 0.25) is 0 Å². The maximum Gasteiger partial charge on any atom is 0.573 e. The zero-order valence-electron chi connectivity index (χ0n) is 17.4. The highest BCUT2D eigenvalue weighted by Crippen LogP contribution is 2.38. The Bertz CT molecular complexity index is 1080. The van der Waals surface area contributed by atoms with Crippen molar-refractivity contribution in [3.05, 3.63) is 94.5 Å². The Kier molecular flexibility index (Phi) is 6.55. The zero-order valence-corrected chi connectivity index (χ0v) is 19.0. The molecule has 0 aromatic heterocycles. The summed E-state index contributed by atoms with van der Waals surface area (Å²) in [5.41, 5.74) is 3.88. The molecule has 0 spiro atoms. The number of aliphatic imine (C=N–C) groups is 1. The van der Waals surface area contributed by atoms with Crippen molar-refractivity contribution in [2.75, 3.05) is 11.4 Å². The first-order chi connectivity index (χ1) is 15.3. The van der Waals surface area contributed by atoms with Gasteiger partial charge in [-0.3, -0.25) is 4.99 Å². The van der Waals surface area contributed by atoms with Crippen LogP contribution in [-0.2, 0) is 0 Å². The molecule has 0 radical (unpaired) electrons. The van der Waals surface area contributed by atoms with Gasteiger partial charge in [-0.25, -0.2) is 0 Å². The van der Waals surface area contributed by atoms with E-state index in [1.807, 2.05) is 60.7 Å². The number of hydrogen-bond donors (Lipinski definition) is 0. The molecule has 0 N–H and O–H groups in total. The molecule has 3 aromatic rings. The van der Waals surface area contributed by atoms with Gasteiger partial charge in [-0.15, -0.1) is 13.2 Å². The predicted octanol–water partition coefficient (Wildman–Crippen LogP) is 7.50. The van der Waals surface area contributed by atoms with Crippen LogP contribution in [0.5, 0.6) is 5.75 Å². The van der Waals surface area contributed by atoms with E-state index in [0.29, 0.717) is 13.0 Å². The second kappa shape index (κ2) is 9.36. The Labute approximate surface area is 193 Å². The minimum atomic E-state index is -4.72. The molecule has 0 unspecified atom stereocenters. The second-order valence-corrected chi connectivity index (χ2v) is 8.64. The fourth-order valence-corrected chi connectivity index (χ4v) is 4.26. The number of alkyl halides is 3. The smallest absolute Gasteiger partial charge is 0.406 e. The molecule has 32 heavy (non-hydrogen) atoms. The number of anilines is 1. The molecule has 7 heteroatoms. The van der Waals surface area contributed by atoms with Crippen molar-refractivity contribution in [3.8, 4) is 5.75 Å². The minimum Gasteiger partial charge on any atom is -0.406 e. The molecule has 1 saturated heterocycles. The molecule has 1 heterocycles. The topological polar surface area (TPSA) is 24.8 Å². The summed E-state index contributed by atoms with van der Waals surface area (Å²) in [6.45, 7) is 2.66. The highest BCUT2D eigenvalue weighted by Gasteiger charge is 2.33. The van der Waals surface area contributed by atoms with E-state index < -0.39 is 6.36 Å². The lowest BCUT2D eigenvalue weighted by atomic mass is 10.0. The molecule has 166 valence electrons. The van der Waals surface area contributed by atoms with Crippen LogP contribution in [0.3, 0.4) is 0 Å². The van der Waals surface area contributed by atoms with Gasteiger partial charge in [0.2, 0.25) is 0 Å². The third-order valence-corrected chi connectivity index (χ3v) is 5.98. The summed E-state index contributed by atoms with van der Waals surface area (Å²) in [7, 11) is 0. The fourth-order valence-electron chi connectivity index (χ4n) is 4.00. The predicted molar refractivity (Wildman–Crippen MR) is 124 cm³/mol. The molecule has 1 aliphatic rings. The molecular formula is C25H22BrF3N2O. The second-order valence-electron chi connectivity index (χ2n) is 7.73. The van der Waals surface area contributed by atoms with Crippen molar-refractivity contribution in [1.29, 1.82) is 0 Å². The summed E-state index contributed by atoms with van der Waals surface area (Å²) in [5, 5.41) is 0. The highest BCUT2D eigenvalue weighted by atomic mass is 79.9. The first-order valence-electron chi connectivity index (χ1n) is 10.3. The van der Waals surface area contributed by atoms with Crippen LogP contribution >= 0.6 is 15.9 Å². The molecule has 4 rings (SSSR count). The summed E-state index contributed by atoms with van der Waals surface area (Å²) >= 11 is 3.46. The maximum absolute atomic E-state index is 12.7. The Morgan fingerprint density at radius 1 is 1.00 bits per heavy atom. The first kappa shape index (κ1) is 22.4. The number of hydrogen-bond acceptors (Lipinski definition) is 3. The zero-order chi connectivity index (χ0) is 22.7. The Balaban J connectivity index is 1.66. The van der Waals surface area contributed by atoms with Crippen molar-refractivity contribution in [1.82, 2.24) is 0 Å². The van der Waals surface area contributed by atoms with Gasteiger partial charge in [0.05, 0.1) is 18.6 Å². The third-order valence-electron chi connectivity index (χ3n) is 5.45. The van der Waals surface area contributed by atoms with Crippen LogP contribution in [0, 0.1) is 0 Å². The number of halogens is 4. The van der Waals surface area contributed by atoms with Crippen molar-refractivity contribution < 1.29 is 17.9 Å². The quantitative estimate of drug-likeness (QED) is 0.360. The molecule has 3 nitrogen and oxygen atoms in total. The van der Waals surface area contributed by atoms with Crippen LogP contribution in [0.1, 0.15) is 36.6 Å².